The van der Waals surface area contributed by atoms with E-state index in [-0.39, 0.29) is 5.41 Å². The van der Waals surface area contributed by atoms with Crippen LogP contribution in [-0.2, 0) is 5.41 Å². The Balaban J connectivity index is 1.17. The van der Waals surface area contributed by atoms with Gasteiger partial charge in [0, 0.05) is 68.0 Å². The second-order valence-electron chi connectivity index (χ2n) is 11.9. The van der Waals surface area contributed by atoms with Gasteiger partial charge in [-0.25, -0.2) is 0 Å². The van der Waals surface area contributed by atoms with Crippen LogP contribution >= 0.6 is 23.8 Å². The molecule has 3 fully saturated rings. The zero-order chi connectivity index (χ0) is 28.8. The van der Waals surface area contributed by atoms with Crippen LogP contribution in [0.3, 0.4) is 0 Å². The maximum atomic E-state index is 6.38. The largest absolute Gasteiger partial charge is 0.368 e. The summed E-state index contributed by atoms with van der Waals surface area (Å²) < 4.78 is 0. The minimum atomic E-state index is 0.0367. The van der Waals surface area contributed by atoms with Gasteiger partial charge in [0.2, 0.25) is 5.95 Å². The topological polar surface area (TPSA) is 59.6 Å². The zero-order valence-corrected chi connectivity index (χ0v) is 26.0. The van der Waals surface area contributed by atoms with E-state index in [1.165, 1.54) is 49.8 Å². The summed E-state index contributed by atoms with van der Waals surface area (Å²) in [5.74, 6) is 2.52. The van der Waals surface area contributed by atoms with E-state index in [0.29, 0.717) is 11.1 Å². The van der Waals surface area contributed by atoms with E-state index in [2.05, 4.69) is 79.9 Å². The maximum absolute atomic E-state index is 6.38. The Morgan fingerprint density at radius 1 is 0.738 bits per heavy atom. The number of hydrogen-bond acceptors (Lipinski definition) is 6. The van der Waals surface area contributed by atoms with Crippen LogP contribution in [0.15, 0.2) is 60.7 Å². The molecule has 1 aromatic heterocycles. The second-order valence-corrected chi connectivity index (χ2v) is 12.8. The third kappa shape index (κ3) is 6.92. The molecule has 222 valence electrons. The molecule has 0 atom stereocenters. The van der Waals surface area contributed by atoms with Crippen LogP contribution < -0.4 is 25.3 Å². The molecule has 7 nitrogen and oxygen atoms in total. The minimum absolute atomic E-state index is 0.0367. The minimum Gasteiger partial charge on any atom is -0.368 e. The fourth-order valence-electron chi connectivity index (χ4n) is 6.77. The van der Waals surface area contributed by atoms with Gasteiger partial charge in [-0.15, -0.1) is 0 Å². The lowest BCUT2D eigenvalue weighted by Crippen LogP contribution is -2.47. The summed E-state index contributed by atoms with van der Waals surface area (Å²) in [4.78, 5) is 17.2. The van der Waals surface area contributed by atoms with Crippen molar-refractivity contribution in [1.82, 2.24) is 15.3 Å². The lowest BCUT2D eigenvalue weighted by molar-refractivity contribution is 0.435. The smallest absolute Gasteiger partial charge is 0.232 e. The van der Waals surface area contributed by atoms with Crippen molar-refractivity contribution in [3.8, 4) is 0 Å². The number of benzene rings is 2. The Hall–Kier alpha value is -3.10. The highest BCUT2D eigenvalue weighted by Crippen LogP contribution is 2.41. The van der Waals surface area contributed by atoms with Crippen molar-refractivity contribution in [2.75, 3.05) is 65.8 Å². The van der Waals surface area contributed by atoms with Crippen LogP contribution in [0.25, 0.3) is 0 Å². The maximum Gasteiger partial charge on any atom is 0.232 e. The first-order chi connectivity index (χ1) is 20.6. The summed E-state index contributed by atoms with van der Waals surface area (Å²) in [6.45, 7) is 6.57. The van der Waals surface area contributed by atoms with E-state index >= 15 is 0 Å². The highest BCUT2D eigenvalue weighted by molar-refractivity contribution is 7.80. The first kappa shape index (κ1) is 29.0. The standard InChI is InChI=1S/C33H42ClN7S/c34-27-12-10-11-26(23-27)33(15-6-7-16-33)25-35-32(42)38-31-36-29(40-17-8-1-2-9-18-40)24-30(37-31)41-21-19-39(20-22-41)28-13-4-3-5-14-28/h3-5,10-14,23-24H,1-2,6-9,15-22,25H2,(H2,35,36,37,38,42). The molecule has 1 saturated carbocycles. The van der Waals surface area contributed by atoms with Crippen LogP contribution in [0.5, 0.6) is 0 Å². The highest BCUT2D eigenvalue weighted by atomic mass is 35.5. The van der Waals surface area contributed by atoms with Gasteiger partial charge in [-0.2, -0.15) is 9.97 Å². The number of thiocarbonyl (C=S) groups is 1. The average molecular weight is 604 g/mol. The fraction of sp³-hybridized carbons (Fsp3) is 0.485. The molecule has 3 aromatic rings. The molecule has 3 heterocycles. The number of hydrogen-bond donors (Lipinski definition) is 2. The molecule has 6 rings (SSSR count). The average Bonchev–Trinajstić information content (AvgIpc) is 3.35. The fourth-order valence-corrected chi connectivity index (χ4v) is 7.12. The molecule has 0 spiro atoms. The van der Waals surface area contributed by atoms with Crippen LogP contribution in [-0.4, -0.2) is 60.9 Å². The van der Waals surface area contributed by atoms with Gasteiger partial charge in [-0.1, -0.05) is 67.6 Å². The normalized spacial score (nSPS) is 18.9. The van der Waals surface area contributed by atoms with Crippen molar-refractivity contribution in [2.24, 2.45) is 0 Å². The summed E-state index contributed by atoms with van der Waals surface area (Å²) >= 11 is 12.2. The number of piperazine rings is 1. The van der Waals surface area contributed by atoms with Crippen LogP contribution in [0.1, 0.15) is 56.9 Å². The Morgan fingerprint density at radius 2 is 1.38 bits per heavy atom. The highest BCUT2D eigenvalue weighted by Gasteiger charge is 2.36. The Labute approximate surface area is 260 Å². The van der Waals surface area contributed by atoms with Crippen molar-refractivity contribution in [3.05, 3.63) is 71.2 Å². The number of para-hydroxylation sites is 1. The van der Waals surface area contributed by atoms with E-state index < -0.39 is 0 Å². The van der Waals surface area contributed by atoms with Crippen LogP contribution in [0, 0.1) is 0 Å². The molecule has 0 amide bonds. The van der Waals surface area contributed by atoms with Gasteiger partial charge in [-0.3, -0.25) is 0 Å². The lowest BCUT2D eigenvalue weighted by atomic mass is 9.79. The van der Waals surface area contributed by atoms with E-state index in [0.717, 1.165) is 75.3 Å². The van der Waals surface area contributed by atoms with Crippen molar-refractivity contribution in [1.29, 1.82) is 0 Å². The SMILES string of the molecule is S=C(NCC1(c2cccc(Cl)c2)CCCC1)Nc1nc(N2CCCCCC2)cc(N2CCN(c3ccccc3)CC2)n1. The summed E-state index contributed by atoms with van der Waals surface area (Å²) in [6, 6.07) is 21.2. The van der Waals surface area contributed by atoms with E-state index in [9.17, 15) is 0 Å². The van der Waals surface area contributed by atoms with Crippen LogP contribution in [0.2, 0.25) is 5.02 Å². The van der Waals surface area contributed by atoms with Gasteiger partial charge in [0.1, 0.15) is 11.6 Å². The van der Waals surface area contributed by atoms with E-state index in [1.54, 1.807) is 0 Å². The van der Waals surface area contributed by atoms with Crippen molar-refractivity contribution in [2.45, 2.75) is 56.8 Å². The summed E-state index contributed by atoms with van der Waals surface area (Å²) in [7, 11) is 0. The summed E-state index contributed by atoms with van der Waals surface area (Å²) in [5, 5.41) is 8.24. The van der Waals surface area contributed by atoms with E-state index in [1.807, 2.05) is 6.07 Å². The molecule has 2 saturated heterocycles. The monoisotopic (exact) mass is 603 g/mol. The predicted molar refractivity (Wildman–Crippen MR) is 179 cm³/mol. The number of aromatic nitrogens is 2. The molecule has 2 aliphatic heterocycles. The van der Waals surface area contributed by atoms with E-state index in [4.69, 9.17) is 33.8 Å². The third-order valence-corrected chi connectivity index (χ3v) is 9.65. The van der Waals surface area contributed by atoms with Gasteiger partial charge in [0.05, 0.1) is 0 Å². The lowest BCUT2D eigenvalue weighted by Gasteiger charge is -2.37. The van der Waals surface area contributed by atoms with Crippen molar-refractivity contribution in [3.63, 3.8) is 0 Å². The van der Waals surface area contributed by atoms with Gasteiger partial charge >= 0.3 is 0 Å². The number of rotatable bonds is 7. The van der Waals surface area contributed by atoms with Gasteiger partial charge in [0.15, 0.2) is 5.11 Å². The number of nitrogens with zero attached hydrogens (tertiary/aromatic N) is 5. The molecule has 42 heavy (non-hydrogen) atoms. The molecule has 1 aliphatic carbocycles. The molecule has 2 aromatic carbocycles. The quantitative estimate of drug-likeness (QED) is 0.292. The van der Waals surface area contributed by atoms with Gasteiger partial charge < -0.3 is 25.3 Å². The van der Waals surface area contributed by atoms with Crippen molar-refractivity contribution >= 4 is 52.2 Å². The molecular weight excluding hydrogens is 562 g/mol. The second kappa shape index (κ2) is 13.5. The molecule has 3 aliphatic rings. The molecule has 9 heteroatoms. The predicted octanol–water partition coefficient (Wildman–Crippen LogP) is 6.64. The Kier molecular flexibility index (Phi) is 9.30. The first-order valence-electron chi connectivity index (χ1n) is 15.6. The Morgan fingerprint density at radius 3 is 2.05 bits per heavy atom. The molecule has 0 bridgehead atoms. The van der Waals surface area contributed by atoms with Gasteiger partial charge in [0.25, 0.3) is 0 Å². The molecule has 0 radical (unpaired) electrons. The number of nitrogens with one attached hydrogen (secondary N) is 2. The third-order valence-electron chi connectivity index (χ3n) is 9.16. The summed E-state index contributed by atoms with van der Waals surface area (Å²) in [5.41, 5.74) is 2.61. The van der Waals surface area contributed by atoms with Gasteiger partial charge in [-0.05, 0) is 67.7 Å². The Bertz CT molecular complexity index is 1330. The molecule has 0 unspecified atom stereocenters. The first-order valence-corrected chi connectivity index (χ1v) is 16.4. The number of halogens is 1. The molecular formula is C33H42ClN7S. The zero-order valence-electron chi connectivity index (χ0n) is 24.4. The van der Waals surface area contributed by atoms with Crippen molar-refractivity contribution < 1.29 is 0 Å². The summed E-state index contributed by atoms with van der Waals surface area (Å²) in [6.07, 6.45) is 9.65. The number of anilines is 4. The molecule has 2 N–H and O–H groups in total. The van der Waals surface area contributed by atoms with Crippen LogP contribution in [0.4, 0.5) is 23.3 Å².